The first kappa shape index (κ1) is 18.4. The average Bonchev–Trinajstić information content (AvgIpc) is 3.42. The Morgan fingerprint density at radius 2 is 2.07 bits per heavy atom. The number of carbonyl (C=O) groups is 1. The number of nitrogens with zero attached hydrogens (tertiary/aromatic N) is 2. The number of aryl methyl sites for hydroxylation is 1. The number of benzene rings is 1. The molecule has 1 aromatic carbocycles. The van der Waals surface area contributed by atoms with E-state index in [1.165, 1.54) is 0 Å². The second-order valence-corrected chi connectivity index (χ2v) is 8.04. The molecule has 2 aromatic rings. The molecular formula is C21H26N4O4. The molecule has 3 aliphatic rings. The van der Waals surface area contributed by atoms with Crippen LogP contribution in [0.4, 0.5) is 0 Å². The minimum atomic E-state index is 0.0460. The second kappa shape index (κ2) is 7.68. The van der Waals surface area contributed by atoms with Crippen LogP contribution in [0.2, 0.25) is 0 Å². The van der Waals surface area contributed by atoms with E-state index in [4.69, 9.17) is 14.0 Å². The zero-order valence-corrected chi connectivity index (χ0v) is 16.5. The van der Waals surface area contributed by atoms with Gasteiger partial charge in [0, 0.05) is 37.3 Å². The van der Waals surface area contributed by atoms with Crippen LogP contribution in [0.3, 0.4) is 0 Å². The van der Waals surface area contributed by atoms with Crippen LogP contribution in [0, 0.1) is 12.8 Å². The number of fused-ring (bicyclic) bond motifs is 1. The number of nitrogens with one attached hydrogen (secondary N) is 2. The third-order valence-electron chi connectivity index (χ3n) is 6.08. The first-order valence-electron chi connectivity index (χ1n) is 10.3. The van der Waals surface area contributed by atoms with Crippen molar-refractivity contribution in [2.24, 2.45) is 5.92 Å². The third-order valence-corrected chi connectivity index (χ3v) is 6.08. The highest BCUT2D eigenvalue weighted by molar-refractivity contribution is 5.95. The fraction of sp³-hybridized carbons (Fsp3) is 0.524. The molecule has 3 aliphatic heterocycles. The van der Waals surface area contributed by atoms with Crippen molar-refractivity contribution < 1.29 is 18.8 Å². The lowest BCUT2D eigenvalue weighted by Crippen LogP contribution is -2.48. The zero-order valence-electron chi connectivity index (χ0n) is 16.5. The van der Waals surface area contributed by atoms with Gasteiger partial charge in [0.15, 0.2) is 11.5 Å². The Morgan fingerprint density at radius 3 is 2.90 bits per heavy atom. The van der Waals surface area contributed by atoms with Gasteiger partial charge in [0.2, 0.25) is 0 Å². The number of likely N-dealkylation sites (tertiary alicyclic amines) is 1. The van der Waals surface area contributed by atoms with Gasteiger partial charge in [0.05, 0.1) is 11.6 Å². The molecule has 2 saturated heterocycles. The van der Waals surface area contributed by atoms with Gasteiger partial charge in [0.25, 0.3) is 5.91 Å². The lowest BCUT2D eigenvalue weighted by atomic mass is 9.83. The van der Waals surface area contributed by atoms with Crippen LogP contribution in [0.25, 0.3) is 0 Å². The Balaban J connectivity index is 1.31. The summed E-state index contributed by atoms with van der Waals surface area (Å²) in [5, 5.41) is 4.04. The van der Waals surface area contributed by atoms with Gasteiger partial charge in [-0.3, -0.25) is 15.6 Å². The van der Waals surface area contributed by atoms with Gasteiger partial charge in [-0.15, -0.1) is 0 Å². The van der Waals surface area contributed by atoms with Crippen molar-refractivity contribution in [2.75, 3.05) is 32.8 Å². The number of hydrogen-bond acceptors (Lipinski definition) is 7. The van der Waals surface area contributed by atoms with Crippen molar-refractivity contribution in [1.82, 2.24) is 20.9 Å². The molecule has 0 saturated carbocycles. The molecule has 2 N–H and O–H groups in total. The summed E-state index contributed by atoms with van der Waals surface area (Å²) in [4.78, 5) is 15.1. The van der Waals surface area contributed by atoms with E-state index in [0.717, 1.165) is 43.9 Å². The molecule has 154 valence electrons. The Bertz CT molecular complexity index is 899. The van der Waals surface area contributed by atoms with E-state index < -0.39 is 0 Å². The van der Waals surface area contributed by atoms with Crippen LogP contribution in [-0.4, -0.2) is 54.9 Å². The molecule has 8 heteroatoms. The number of piperidine rings is 1. The largest absolute Gasteiger partial charge is 0.486 e. The van der Waals surface area contributed by atoms with E-state index in [1.807, 2.05) is 30.0 Å². The van der Waals surface area contributed by atoms with E-state index in [2.05, 4.69) is 16.0 Å². The second-order valence-electron chi connectivity index (χ2n) is 8.04. The quantitative estimate of drug-likeness (QED) is 0.816. The maximum absolute atomic E-state index is 13.2. The number of carbonyl (C=O) groups excluding carboxylic acids is 1. The minimum Gasteiger partial charge on any atom is -0.486 e. The maximum Gasteiger partial charge on any atom is 0.254 e. The third kappa shape index (κ3) is 3.58. The Labute approximate surface area is 169 Å². The summed E-state index contributed by atoms with van der Waals surface area (Å²) in [5.74, 6) is 2.86. The summed E-state index contributed by atoms with van der Waals surface area (Å²) in [6.07, 6.45) is 2.06. The molecule has 0 radical (unpaired) electrons. The van der Waals surface area contributed by atoms with Gasteiger partial charge in [-0.25, -0.2) is 0 Å². The highest BCUT2D eigenvalue weighted by Gasteiger charge is 2.39. The first-order chi connectivity index (χ1) is 14.2. The molecule has 29 heavy (non-hydrogen) atoms. The Hall–Kier alpha value is -2.58. The summed E-state index contributed by atoms with van der Waals surface area (Å²) < 4.78 is 16.7. The van der Waals surface area contributed by atoms with Gasteiger partial charge in [-0.2, -0.15) is 0 Å². The van der Waals surface area contributed by atoms with Crippen molar-refractivity contribution in [3.63, 3.8) is 0 Å². The van der Waals surface area contributed by atoms with Gasteiger partial charge < -0.3 is 18.9 Å². The zero-order chi connectivity index (χ0) is 19.8. The molecule has 3 unspecified atom stereocenters. The van der Waals surface area contributed by atoms with E-state index in [0.29, 0.717) is 36.2 Å². The van der Waals surface area contributed by atoms with Crippen LogP contribution in [0.1, 0.15) is 40.6 Å². The molecule has 3 atom stereocenters. The monoisotopic (exact) mass is 398 g/mol. The normalized spacial score (nSPS) is 26.5. The molecule has 2 fully saturated rings. The summed E-state index contributed by atoms with van der Waals surface area (Å²) in [6, 6.07) is 7.67. The van der Waals surface area contributed by atoms with Crippen molar-refractivity contribution in [3.8, 4) is 11.5 Å². The standard InChI is InChI=1S/C21H26N4O4/c1-13-9-18(29-24-13)16-11-22-23-20(16)15-3-2-6-25(12-15)21(26)14-4-5-17-19(10-14)28-8-7-27-17/h4-5,9-10,15-16,20,22-23H,2-3,6-8,11-12H2,1H3. The predicted molar refractivity (Wildman–Crippen MR) is 105 cm³/mol. The summed E-state index contributed by atoms with van der Waals surface area (Å²) in [5.41, 5.74) is 8.22. The van der Waals surface area contributed by atoms with Crippen molar-refractivity contribution >= 4 is 5.91 Å². The predicted octanol–water partition coefficient (Wildman–Crippen LogP) is 1.87. The molecule has 0 spiro atoms. The van der Waals surface area contributed by atoms with Gasteiger partial charge in [-0.1, -0.05) is 5.16 Å². The van der Waals surface area contributed by atoms with Crippen molar-refractivity contribution in [1.29, 1.82) is 0 Å². The number of hydrazine groups is 1. The van der Waals surface area contributed by atoms with Crippen LogP contribution < -0.4 is 20.3 Å². The molecule has 8 nitrogen and oxygen atoms in total. The Kier molecular flexibility index (Phi) is 4.89. The van der Waals surface area contributed by atoms with Crippen LogP contribution in [-0.2, 0) is 0 Å². The smallest absolute Gasteiger partial charge is 0.254 e. The number of amides is 1. The SMILES string of the molecule is Cc1cc(C2CNNC2C2CCCN(C(=O)c3ccc4c(c3)OCCO4)C2)on1. The molecule has 4 heterocycles. The minimum absolute atomic E-state index is 0.0460. The van der Waals surface area contributed by atoms with Crippen LogP contribution in [0.5, 0.6) is 11.5 Å². The lowest BCUT2D eigenvalue weighted by Gasteiger charge is -2.37. The fourth-order valence-electron chi connectivity index (χ4n) is 4.64. The van der Waals surface area contributed by atoms with E-state index in [1.54, 1.807) is 6.07 Å². The van der Waals surface area contributed by atoms with E-state index in [9.17, 15) is 4.79 Å². The topological polar surface area (TPSA) is 88.9 Å². The van der Waals surface area contributed by atoms with Crippen molar-refractivity contribution in [2.45, 2.75) is 31.7 Å². The van der Waals surface area contributed by atoms with Gasteiger partial charge in [-0.05, 0) is 43.9 Å². The highest BCUT2D eigenvalue weighted by atomic mass is 16.6. The maximum atomic E-state index is 13.2. The number of hydrogen-bond donors (Lipinski definition) is 2. The van der Waals surface area contributed by atoms with Crippen LogP contribution in [0.15, 0.2) is 28.8 Å². The molecule has 1 amide bonds. The van der Waals surface area contributed by atoms with Crippen molar-refractivity contribution in [3.05, 3.63) is 41.3 Å². The van der Waals surface area contributed by atoms with Gasteiger partial charge in [0.1, 0.15) is 19.0 Å². The average molecular weight is 398 g/mol. The number of ether oxygens (including phenoxy) is 2. The lowest BCUT2D eigenvalue weighted by molar-refractivity contribution is 0.0641. The summed E-state index contributed by atoms with van der Waals surface area (Å²) in [7, 11) is 0. The summed E-state index contributed by atoms with van der Waals surface area (Å²) in [6.45, 7) is 5.28. The molecule has 0 bridgehead atoms. The molecular weight excluding hydrogens is 372 g/mol. The summed E-state index contributed by atoms with van der Waals surface area (Å²) >= 11 is 0. The molecule has 0 aliphatic carbocycles. The highest BCUT2D eigenvalue weighted by Crippen LogP contribution is 2.34. The fourth-order valence-corrected chi connectivity index (χ4v) is 4.64. The van der Waals surface area contributed by atoms with Crippen LogP contribution >= 0.6 is 0 Å². The van der Waals surface area contributed by atoms with E-state index in [-0.39, 0.29) is 17.9 Å². The Morgan fingerprint density at radius 1 is 1.21 bits per heavy atom. The molecule has 1 aromatic heterocycles. The molecule has 5 rings (SSSR count). The number of aromatic nitrogens is 1. The van der Waals surface area contributed by atoms with Gasteiger partial charge >= 0.3 is 0 Å². The first-order valence-corrected chi connectivity index (χ1v) is 10.3. The van der Waals surface area contributed by atoms with E-state index >= 15 is 0 Å². The number of rotatable bonds is 3.